The van der Waals surface area contributed by atoms with Crippen LogP contribution in [-0.4, -0.2) is 25.3 Å². The highest BCUT2D eigenvalue weighted by atomic mass is 32.2. The average molecular weight is 232 g/mol. The Morgan fingerprint density at radius 2 is 2.29 bits per heavy atom. The molecule has 0 fully saturated rings. The summed E-state index contributed by atoms with van der Waals surface area (Å²) in [6.45, 7) is 4.78. The van der Waals surface area contributed by atoms with Crippen molar-refractivity contribution in [3.8, 4) is 0 Å². The Morgan fingerprint density at radius 1 is 1.57 bits per heavy atom. The standard InChI is InChI=1S/C9H16N2OS2/c1-3-8-7-10-9(13)11(8)5-6-14(12)4-2/h7H,3-6H2,1-2H3,(H,10,13). The molecule has 3 nitrogen and oxygen atoms in total. The fourth-order valence-electron chi connectivity index (χ4n) is 1.31. The lowest BCUT2D eigenvalue weighted by Crippen LogP contribution is -2.11. The van der Waals surface area contributed by atoms with E-state index < -0.39 is 10.8 Å². The maximum atomic E-state index is 11.3. The van der Waals surface area contributed by atoms with E-state index in [0.717, 1.165) is 23.5 Å². The Hall–Kier alpha value is -0.420. The van der Waals surface area contributed by atoms with Crippen LogP contribution in [0.2, 0.25) is 0 Å². The van der Waals surface area contributed by atoms with Gasteiger partial charge in [0.1, 0.15) is 0 Å². The first-order valence-corrected chi connectivity index (χ1v) is 6.70. The van der Waals surface area contributed by atoms with Gasteiger partial charge in [-0.25, -0.2) is 0 Å². The smallest absolute Gasteiger partial charge is 0.177 e. The van der Waals surface area contributed by atoms with Crippen molar-refractivity contribution in [1.29, 1.82) is 0 Å². The summed E-state index contributed by atoms with van der Waals surface area (Å²) < 4.78 is 14.0. The van der Waals surface area contributed by atoms with Crippen LogP contribution in [-0.2, 0) is 23.8 Å². The molecule has 14 heavy (non-hydrogen) atoms. The third kappa shape index (κ3) is 2.78. The van der Waals surface area contributed by atoms with Gasteiger partial charge in [0.2, 0.25) is 0 Å². The van der Waals surface area contributed by atoms with Crippen molar-refractivity contribution in [3.05, 3.63) is 16.7 Å². The van der Waals surface area contributed by atoms with E-state index in [1.54, 1.807) is 0 Å². The van der Waals surface area contributed by atoms with Crippen LogP contribution < -0.4 is 0 Å². The Labute approximate surface area is 92.0 Å². The number of aromatic nitrogens is 2. The van der Waals surface area contributed by atoms with Gasteiger partial charge in [0.25, 0.3) is 0 Å². The molecular formula is C9H16N2OS2. The monoisotopic (exact) mass is 232 g/mol. The molecule has 0 aliphatic carbocycles. The molecule has 1 N–H and O–H groups in total. The Morgan fingerprint density at radius 3 is 2.86 bits per heavy atom. The Kier molecular flexibility index (Phi) is 4.54. The molecule has 5 heteroatoms. The van der Waals surface area contributed by atoms with E-state index in [1.807, 2.05) is 17.7 Å². The number of hydrogen-bond donors (Lipinski definition) is 1. The predicted octanol–water partition coefficient (Wildman–Crippen LogP) is 1.88. The molecule has 0 radical (unpaired) electrons. The number of H-pyrrole nitrogens is 1. The zero-order valence-electron chi connectivity index (χ0n) is 8.58. The van der Waals surface area contributed by atoms with Gasteiger partial charge in [0, 0.05) is 40.7 Å². The van der Waals surface area contributed by atoms with Crippen LogP contribution in [0, 0.1) is 4.77 Å². The lowest BCUT2D eigenvalue weighted by atomic mass is 10.4. The van der Waals surface area contributed by atoms with Gasteiger partial charge in [-0.3, -0.25) is 4.21 Å². The van der Waals surface area contributed by atoms with Crippen LogP contribution in [0.4, 0.5) is 0 Å². The molecule has 1 unspecified atom stereocenters. The Balaban J connectivity index is 2.70. The molecule has 0 bridgehead atoms. The van der Waals surface area contributed by atoms with Crippen LogP contribution >= 0.6 is 12.2 Å². The summed E-state index contributed by atoms with van der Waals surface area (Å²) in [6.07, 6.45) is 2.88. The highest BCUT2D eigenvalue weighted by Gasteiger charge is 2.03. The summed E-state index contributed by atoms with van der Waals surface area (Å²) in [4.78, 5) is 3.01. The molecular weight excluding hydrogens is 216 g/mol. The Bertz CT molecular complexity index is 367. The number of hydrogen-bond acceptors (Lipinski definition) is 2. The van der Waals surface area contributed by atoms with Gasteiger partial charge >= 0.3 is 0 Å². The van der Waals surface area contributed by atoms with Crippen molar-refractivity contribution in [2.45, 2.75) is 26.8 Å². The molecule has 1 aromatic heterocycles. The van der Waals surface area contributed by atoms with Crippen molar-refractivity contribution in [2.24, 2.45) is 0 Å². The normalized spacial score (nSPS) is 13.0. The lowest BCUT2D eigenvalue weighted by molar-refractivity contribution is 0.666. The number of nitrogens with one attached hydrogen (secondary N) is 1. The second kappa shape index (κ2) is 5.46. The molecule has 1 aromatic rings. The molecule has 0 aromatic carbocycles. The van der Waals surface area contributed by atoms with E-state index >= 15 is 0 Å². The maximum absolute atomic E-state index is 11.3. The number of aromatic amines is 1. The first kappa shape index (κ1) is 11.7. The van der Waals surface area contributed by atoms with Gasteiger partial charge in [-0.05, 0) is 18.6 Å². The van der Waals surface area contributed by atoms with E-state index in [2.05, 4.69) is 11.9 Å². The van der Waals surface area contributed by atoms with Crippen molar-refractivity contribution < 1.29 is 4.21 Å². The van der Waals surface area contributed by atoms with Gasteiger partial charge in [0.15, 0.2) is 4.77 Å². The zero-order valence-corrected chi connectivity index (χ0v) is 10.2. The summed E-state index contributed by atoms with van der Waals surface area (Å²) in [5, 5.41) is 0. The van der Waals surface area contributed by atoms with Crippen LogP contribution in [0.25, 0.3) is 0 Å². The third-order valence-corrected chi connectivity index (χ3v) is 3.80. The van der Waals surface area contributed by atoms with Gasteiger partial charge < -0.3 is 9.55 Å². The SMILES string of the molecule is CCc1c[nH]c(=S)n1CCS(=O)CC. The molecule has 0 aliphatic heterocycles. The van der Waals surface area contributed by atoms with Gasteiger partial charge in [-0.1, -0.05) is 13.8 Å². The molecule has 1 rings (SSSR count). The first-order valence-electron chi connectivity index (χ1n) is 4.81. The molecule has 0 spiro atoms. The highest BCUT2D eigenvalue weighted by molar-refractivity contribution is 7.84. The minimum absolute atomic E-state index is 0.690. The quantitative estimate of drug-likeness (QED) is 0.787. The number of aryl methyl sites for hydroxylation is 1. The van der Waals surface area contributed by atoms with Crippen molar-refractivity contribution in [1.82, 2.24) is 9.55 Å². The first-order chi connectivity index (χ1) is 6.69. The molecule has 0 saturated heterocycles. The summed E-state index contributed by atoms with van der Waals surface area (Å²) in [7, 11) is -0.711. The van der Waals surface area contributed by atoms with Crippen LogP contribution in [0.3, 0.4) is 0 Å². The number of imidazole rings is 1. The van der Waals surface area contributed by atoms with Gasteiger partial charge in [0.05, 0.1) is 0 Å². The van der Waals surface area contributed by atoms with E-state index in [1.165, 1.54) is 5.69 Å². The molecule has 0 aliphatic rings. The topological polar surface area (TPSA) is 37.8 Å². The van der Waals surface area contributed by atoms with E-state index in [4.69, 9.17) is 12.2 Å². The second-order valence-corrected chi connectivity index (χ2v) is 5.27. The molecule has 1 heterocycles. The summed E-state index contributed by atoms with van der Waals surface area (Å²) >= 11 is 5.14. The summed E-state index contributed by atoms with van der Waals surface area (Å²) in [6, 6.07) is 0. The molecule has 0 amide bonds. The number of nitrogens with zero attached hydrogens (tertiary/aromatic N) is 1. The summed E-state index contributed by atoms with van der Waals surface area (Å²) in [5.41, 5.74) is 1.18. The van der Waals surface area contributed by atoms with Gasteiger partial charge in [-0.15, -0.1) is 0 Å². The fraction of sp³-hybridized carbons (Fsp3) is 0.667. The fourth-order valence-corrected chi connectivity index (χ4v) is 2.25. The van der Waals surface area contributed by atoms with Crippen molar-refractivity contribution in [3.63, 3.8) is 0 Å². The minimum Gasteiger partial charge on any atom is -0.337 e. The van der Waals surface area contributed by atoms with E-state index in [0.29, 0.717) is 5.75 Å². The summed E-state index contributed by atoms with van der Waals surface area (Å²) in [5.74, 6) is 1.41. The van der Waals surface area contributed by atoms with Crippen LogP contribution in [0.1, 0.15) is 19.5 Å². The predicted molar refractivity (Wildman–Crippen MR) is 62.5 cm³/mol. The lowest BCUT2D eigenvalue weighted by Gasteiger charge is -2.05. The van der Waals surface area contributed by atoms with Crippen molar-refractivity contribution in [2.75, 3.05) is 11.5 Å². The maximum Gasteiger partial charge on any atom is 0.177 e. The van der Waals surface area contributed by atoms with Crippen LogP contribution in [0.15, 0.2) is 6.20 Å². The van der Waals surface area contributed by atoms with E-state index in [9.17, 15) is 4.21 Å². The average Bonchev–Trinajstić information content (AvgIpc) is 2.55. The second-order valence-electron chi connectivity index (χ2n) is 3.02. The molecule has 0 saturated carbocycles. The van der Waals surface area contributed by atoms with E-state index in [-0.39, 0.29) is 0 Å². The van der Waals surface area contributed by atoms with Crippen LogP contribution in [0.5, 0.6) is 0 Å². The highest BCUT2D eigenvalue weighted by Crippen LogP contribution is 2.02. The molecule has 80 valence electrons. The minimum atomic E-state index is -0.711. The van der Waals surface area contributed by atoms with Crippen molar-refractivity contribution >= 4 is 23.0 Å². The van der Waals surface area contributed by atoms with Gasteiger partial charge in [-0.2, -0.15) is 0 Å². The largest absolute Gasteiger partial charge is 0.337 e. The molecule has 1 atom stereocenters. The number of rotatable bonds is 5. The zero-order chi connectivity index (χ0) is 10.6. The third-order valence-electron chi connectivity index (χ3n) is 2.18.